The van der Waals surface area contributed by atoms with Gasteiger partial charge in [0.15, 0.2) is 0 Å². The predicted octanol–water partition coefficient (Wildman–Crippen LogP) is 2.01. The van der Waals surface area contributed by atoms with Crippen LogP contribution in [0.5, 0.6) is 0 Å². The van der Waals surface area contributed by atoms with Gasteiger partial charge in [0.2, 0.25) is 0 Å². The smallest absolute Gasteiger partial charge is 0.408 e. The molecule has 0 aromatic rings. The van der Waals surface area contributed by atoms with E-state index in [0.29, 0.717) is 5.92 Å². The molecule has 1 saturated carbocycles. The van der Waals surface area contributed by atoms with Crippen LogP contribution in [0.15, 0.2) is 0 Å². The van der Waals surface area contributed by atoms with Gasteiger partial charge in [-0.1, -0.05) is 6.92 Å². The summed E-state index contributed by atoms with van der Waals surface area (Å²) < 4.78 is 5.06. The molecule has 1 fully saturated rings. The number of alkyl carbamates (subject to hydrolysis) is 1. The van der Waals surface area contributed by atoms with Gasteiger partial charge in [-0.15, -0.1) is 0 Å². The van der Waals surface area contributed by atoms with Gasteiger partial charge >= 0.3 is 12.1 Å². The maximum absolute atomic E-state index is 11.5. The minimum Gasteiger partial charge on any atom is -0.480 e. The van der Waals surface area contributed by atoms with Crippen molar-refractivity contribution in [2.75, 3.05) is 0 Å². The normalized spacial score (nSPS) is 19.3. The molecule has 1 aliphatic carbocycles. The van der Waals surface area contributed by atoms with Gasteiger partial charge in [-0.05, 0) is 45.4 Å². The van der Waals surface area contributed by atoms with Crippen LogP contribution in [0.2, 0.25) is 0 Å². The van der Waals surface area contributed by atoms with Crippen LogP contribution in [0.3, 0.4) is 0 Å². The lowest BCUT2D eigenvalue weighted by Crippen LogP contribution is -2.47. The molecular weight excluding hydrogens is 222 g/mol. The molecule has 0 saturated heterocycles. The molecule has 0 heterocycles. The van der Waals surface area contributed by atoms with E-state index in [4.69, 9.17) is 9.84 Å². The van der Waals surface area contributed by atoms with Crippen molar-refractivity contribution < 1.29 is 19.4 Å². The topological polar surface area (TPSA) is 75.6 Å². The molecule has 1 amide bonds. The summed E-state index contributed by atoms with van der Waals surface area (Å²) in [6, 6.07) is -0.864. The van der Waals surface area contributed by atoms with Gasteiger partial charge in [0.05, 0.1) is 0 Å². The second kappa shape index (κ2) is 4.94. The largest absolute Gasteiger partial charge is 0.480 e. The van der Waals surface area contributed by atoms with Crippen LogP contribution in [0.25, 0.3) is 0 Å². The molecule has 0 spiro atoms. The minimum absolute atomic E-state index is 0.0555. The Morgan fingerprint density at radius 1 is 1.35 bits per heavy atom. The Bertz CT molecular complexity index is 304. The average molecular weight is 243 g/mol. The summed E-state index contributed by atoms with van der Waals surface area (Å²) in [6.45, 7) is 7.08. The summed E-state index contributed by atoms with van der Waals surface area (Å²) in [5.74, 6) is -0.652. The van der Waals surface area contributed by atoms with Crippen LogP contribution in [0, 0.1) is 11.8 Å². The van der Waals surface area contributed by atoms with E-state index < -0.39 is 23.7 Å². The highest BCUT2D eigenvalue weighted by Crippen LogP contribution is 2.38. The van der Waals surface area contributed by atoms with Crippen molar-refractivity contribution in [1.29, 1.82) is 0 Å². The van der Waals surface area contributed by atoms with E-state index in [-0.39, 0.29) is 5.92 Å². The van der Waals surface area contributed by atoms with Crippen LogP contribution in [-0.4, -0.2) is 28.8 Å². The number of hydrogen-bond donors (Lipinski definition) is 2. The summed E-state index contributed by atoms with van der Waals surface area (Å²) >= 11 is 0. The third kappa shape index (κ3) is 4.63. The number of nitrogens with one attached hydrogen (secondary N) is 1. The first-order valence-electron chi connectivity index (χ1n) is 5.93. The summed E-state index contributed by atoms with van der Waals surface area (Å²) in [6.07, 6.45) is 1.42. The second-order valence-corrected chi connectivity index (χ2v) is 5.66. The Labute approximate surface area is 102 Å². The molecule has 0 bridgehead atoms. The first-order valence-corrected chi connectivity index (χ1v) is 5.93. The van der Waals surface area contributed by atoms with Crippen molar-refractivity contribution in [1.82, 2.24) is 5.32 Å². The van der Waals surface area contributed by atoms with Crippen molar-refractivity contribution in [2.45, 2.75) is 52.2 Å². The molecular formula is C12H21NO4. The third-order valence-electron chi connectivity index (χ3n) is 2.83. The zero-order valence-corrected chi connectivity index (χ0v) is 10.8. The third-order valence-corrected chi connectivity index (χ3v) is 2.83. The number of hydrogen-bond acceptors (Lipinski definition) is 3. The number of aliphatic carboxylic acids is 1. The van der Waals surface area contributed by atoms with Crippen LogP contribution in [0.1, 0.15) is 40.5 Å². The van der Waals surface area contributed by atoms with Crippen molar-refractivity contribution >= 4 is 12.1 Å². The van der Waals surface area contributed by atoms with Gasteiger partial charge in [-0.25, -0.2) is 9.59 Å². The Morgan fingerprint density at radius 2 is 1.88 bits per heavy atom. The van der Waals surface area contributed by atoms with Crippen LogP contribution < -0.4 is 5.32 Å². The molecule has 1 aliphatic rings. The summed E-state index contributed by atoms with van der Waals surface area (Å²) in [5.41, 5.74) is -0.615. The molecule has 0 aromatic heterocycles. The molecule has 5 nitrogen and oxygen atoms in total. The lowest BCUT2D eigenvalue weighted by Gasteiger charge is -2.24. The van der Waals surface area contributed by atoms with Crippen LogP contribution in [0.4, 0.5) is 4.79 Å². The summed E-state index contributed by atoms with van der Waals surface area (Å²) in [4.78, 5) is 22.6. The molecule has 0 radical (unpaired) electrons. The Kier molecular flexibility index (Phi) is 4.01. The van der Waals surface area contributed by atoms with Gasteiger partial charge in [-0.3, -0.25) is 0 Å². The summed E-state index contributed by atoms with van der Waals surface area (Å²) in [7, 11) is 0. The number of carboxylic acid groups (broad SMARTS) is 1. The number of carbonyl (C=O) groups is 2. The van der Waals surface area contributed by atoms with Gasteiger partial charge in [0, 0.05) is 0 Å². The zero-order chi connectivity index (χ0) is 13.2. The zero-order valence-electron chi connectivity index (χ0n) is 10.8. The SMILES string of the molecule is C[C@@H](C1CC1)[C@H](NC(=O)OC(C)(C)C)C(=O)O. The molecule has 2 N–H and O–H groups in total. The minimum atomic E-state index is -1.00. The Balaban J connectivity index is 2.54. The fourth-order valence-electron chi connectivity index (χ4n) is 1.75. The first kappa shape index (κ1) is 13.8. The van der Waals surface area contributed by atoms with Crippen molar-refractivity contribution in [2.24, 2.45) is 11.8 Å². The Hall–Kier alpha value is -1.26. The van der Waals surface area contributed by atoms with Crippen molar-refractivity contribution in [3.8, 4) is 0 Å². The van der Waals surface area contributed by atoms with E-state index in [0.717, 1.165) is 12.8 Å². The highest BCUT2D eigenvalue weighted by molar-refractivity contribution is 5.80. The quantitative estimate of drug-likeness (QED) is 0.792. The number of rotatable bonds is 4. The van der Waals surface area contributed by atoms with E-state index in [2.05, 4.69) is 5.32 Å². The van der Waals surface area contributed by atoms with E-state index in [9.17, 15) is 9.59 Å². The monoisotopic (exact) mass is 243 g/mol. The van der Waals surface area contributed by atoms with E-state index in [1.54, 1.807) is 20.8 Å². The molecule has 1 rings (SSSR count). The lowest BCUT2D eigenvalue weighted by molar-refractivity contribution is -0.141. The maximum Gasteiger partial charge on any atom is 0.408 e. The van der Waals surface area contributed by atoms with Gasteiger partial charge in [0.25, 0.3) is 0 Å². The fraction of sp³-hybridized carbons (Fsp3) is 0.833. The van der Waals surface area contributed by atoms with Crippen molar-refractivity contribution in [3.63, 3.8) is 0 Å². The van der Waals surface area contributed by atoms with Crippen molar-refractivity contribution in [3.05, 3.63) is 0 Å². The average Bonchev–Trinajstić information content (AvgIpc) is 2.92. The molecule has 17 heavy (non-hydrogen) atoms. The molecule has 0 aliphatic heterocycles. The van der Waals surface area contributed by atoms with Crippen LogP contribution >= 0.6 is 0 Å². The second-order valence-electron chi connectivity index (χ2n) is 5.66. The standard InChI is InChI=1S/C12H21NO4/c1-7(8-5-6-8)9(10(14)15)13-11(16)17-12(2,3)4/h7-9H,5-6H2,1-4H3,(H,13,16)(H,14,15)/t7-,9-/m0/s1. The van der Waals surface area contributed by atoms with Gasteiger partial charge in [0.1, 0.15) is 11.6 Å². The van der Waals surface area contributed by atoms with E-state index >= 15 is 0 Å². The van der Waals surface area contributed by atoms with Gasteiger partial charge in [-0.2, -0.15) is 0 Å². The number of carboxylic acids is 1. The van der Waals surface area contributed by atoms with Gasteiger partial charge < -0.3 is 15.2 Å². The molecule has 5 heteroatoms. The fourth-order valence-corrected chi connectivity index (χ4v) is 1.75. The molecule has 0 aromatic carbocycles. The van der Waals surface area contributed by atoms with E-state index in [1.165, 1.54) is 0 Å². The number of amides is 1. The van der Waals surface area contributed by atoms with E-state index in [1.807, 2.05) is 6.92 Å². The Morgan fingerprint density at radius 3 is 2.24 bits per heavy atom. The van der Waals surface area contributed by atoms with Crippen LogP contribution in [-0.2, 0) is 9.53 Å². The summed E-state index contributed by atoms with van der Waals surface area (Å²) in [5, 5.41) is 11.5. The lowest BCUT2D eigenvalue weighted by atomic mass is 9.97. The molecule has 0 unspecified atom stereocenters. The maximum atomic E-state index is 11.5. The molecule has 2 atom stereocenters. The predicted molar refractivity (Wildman–Crippen MR) is 62.7 cm³/mol. The number of ether oxygens (including phenoxy) is 1. The number of carbonyl (C=O) groups excluding carboxylic acids is 1. The molecule has 98 valence electrons. The highest BCUT2D eigenvalue weighted by atomic mass is 16.6. The first-order chi connectivity index (χ1) is 7.70. The highest BCUT2D eigenvalue weighted by Gasteiger charge is 2.38.